The summed E-state index contributed by atoms with van der Waals surface area (Å²) >= 11 is 0. The SMILES string of the molecule is Cn1cc([P+](CCCCCCCCC(=O)NC(CO)C(O)c2ccc([N+](=O)[O-])cc2)(c2ccccc2)c2ccccc2)cn1. The number of aryl methyl sites for hydroxylation is 1. The Labute approximate surface area is 259 Å². The number of nitrogens with zero attached hydrogens (tertiary/aromatic N) is 3. The van der Waals surface area contributed by atoms with E-state index < -0.39 is 30.9 Å². The van der Waals surface area contributed by atoms with Crippen LogP contribution < -0.4 is 21.2 Å². The second kappa shape index (κ2) is 16.2. The van der Waals surface area contributed by atoms with E-state index in [1.807, 2.05) is 17.9 Å². The quantitative estimate of drug-likeness (QED) is 0.0689. The van der Waals surface area contributed by atoms with Crippen LogP contribution in [0.25, 0.3) is 0 Å². The molecular formula is C34H42N4O5P+. The van der Waals surface area contributed by atoms with E-state index in [-0.39, 0.29) is 11.6 Å². The fourth-order valence-electron chi connectivity index (χ4n) is 5.68. The number of aromatic nitrogens is 2. The fraction of sp³-hybridized carbons (Fsp3) is 0.353. The molecule has 0 fully saturated rings. The number of aliphatic hydroxyl groups excluding tert-OH is 2. The maximum absolute atomic E-state index is 12.5. The van der Waals surface area contributed by atoms with Gasteiger partial charge in [0, 0.05) is 25.6 Å². The number of benzene rings is 3. The average molecular weight is 618 g/mol. The van der Waals surface area contributed by atoms with Crippen LogP contribution in [0.2, 0.25) is 0 Å². The Morgan fingerprint density at radius 1 is 0.886 bits per heavy atom. The van der Waals surface area contributed by atoms with Crippen LogP contribution in [-0.2, 0) is 11.8 Å². The summed E-state index contributed by atoms with van der Waals surface area (Å²) in [7, 11) is 0.104. The summed E-state index contributed by atoms with van der Waals surface area (Å²) in [4.78, 5) is 22.9. The summed E-state index contributed by atoms with van der Waals surface area (Å²) in [6, 6.07) is 26.2. The molecule has 9 nitrogen and oxygen atoms in total. The highest BCUT2D eigenvalue weighted by molar-refractivity contribution is 7.95. The molecule has 3 N–H and O–H groups in total. The van der Waals surface area contributed by atoms with Gasteiger partial charge in [-0.05, 0) is 61.2 Å². The number of non-ortho nitro benzene ring substituents is 1. The summed E-state index contributed by atoms with van der Waals surface area (Å²) in [6.45, 7) is -0.445. The van der Waals surface area contributed by atoms with Crippen molar-refractivity contribution in [3.8, 4) is 0 Å². The van der Waals surface area contributed by atoms with Gasteiger partial charge in [-0.15, -0.1) is 0 Å². The number of hydrogen-bond donors (Lipinski definition) is 3. The number of aliphatic hydroxyl groups is 2. The van der Waals surface area contributed by atoms with Gasteiger partial charge >= 0.3 is 0 Å². The second-order valence-electron chi connectivity index (χ2n) is 11.1. The third-order valence-corrected chi connectivity index (χ3v) is 12.5. The van der Waals surface area contributed by atoms with Crippen LogP contribution in [0.15, 0.2) is 97.3 Å². The van der Waals surface area contributed by atoms with Crippen LogP contribution in [-0.4, -0.2) is 49.6 Å². The highest BCUT2D eigenvalue weighted by atomic mass is 31.2. The van der Waals surface area contributed by atoms with Gasteiger partial charge in [0.15, 0.2) is 0 Å². The van der Waals surface area contributed by atoms with E-state index in [1.54, 1.807) is 0 Å². The third-order valence-electron chi connectivity index (χ3n) is 8.04. The molecule has 1 amide bonds. The van der Waals surface area contributed by atoms with Gasteiger partial charge in [-0.2, -0.15) is 5.10 Å². The van der Waals surface area contributed by atoms with Gasteiger partial charge in [0.1, 0.15) is 29.3 Å². The highest BCUT2D eigenvalue weighted by Gasteiger charge is 2.45. The monoisotopic (exact) mass is 617 g/mol. The van der Waals surface area contributed by atoms with Gasteiger partial charge in [-0.3, -0.25) is 19.6 Å². The molecule has 2 atom stereocenters. The van der Waals surface area contributed by atoms with E-state index in [0.29, 0.717) is 12.0 Å². The Morgan fingerprint density at radius 2 is 1.45 bits per heavy atom. The molecule has 0 bridgehead atoms. The van der Waals surface area contributed by atoms with Gasteiger partial charge in [0.25, 0.3) is 5.69 Å². The lowest BCUT2D eigenvalue weighted by molar-refractivity contribution is -0.384. The molecular weight excluding hydrogens is 575 g/mol. The molecule has 0 aliphatic carbocycles. The predicted molar refractivity (Wildman–Crippen MR) is 176 cm³/mol. The van der Waals surface area contributed by atoms with E-state index in [2.05, 4.69) is 77.3 Å². The smallest absolute Gasteiger partial charge is 0.269 e. The molecule has 232 valence electrons. The standard InChI is InChI=1S/C34H41N4O5P/c1-37-25-31(24-35-37)44(29-14-8-6-9-15-29,30-16-10-7-11-17-30)23-13-5-3-2-4-12-18-33(40)36-32(26-39)34(41)27-19-21-28(22-20-27)38(42)43/h6-11,14-17,19-22,24-25,32,34,39,41H,2-5,12-13,18,23,26H2,1H3/p+1. The maximum atomic E-state index is 12.5. The lowest BCUT2D eigenvalue weighted by Gasteiger charge is -2.26. The van der Waals surface area contributed by atoms with Crippen molar-refractivity contribution in [3.05, 3.63) is 113 Å². The minimum Gasteiger partial charge on any atom is -0.394 e. The second-order valence-corrected chi connectivity index (χ2v) is 14.7. The Balaban J connectivity index is 1.25. The number of nitro benzene ring substituents is 1. The first-order valence-corrected chi connectivity index (χ1v) is 17.1. The molecule has 0 saturated carbocycles. The number of amides is 1. The number of carbonyl (C=O) groups is 1. The zero-order chi connectivity index (χ0) is 31.4. The molecule has 0 spiro atoms. The average Bonchev–Trinajstić information content (AvgIpc) is 3.49. The number of nitrogens with one attached hydrogen (secondary N) is 1. The number of nitro groups is 1. The Morgan fingerprint density at radius 3 is 1.98 bits per heavy atom. The Kier molecular flexibility index (Phi) is 12.2. The first kappa shape index (κ1) is 33.0. The van der Waals surface area contributed by atoms with Crippen molar-refractivity contribution < 1.29 is 19.9 Å². The number of carbonyl (C=O) groups excluding carboxylic acids is 1. The van der Waals surface area contributed by atoms with Gasteiger partial charge in [-0.1, -0.05) is 55.7 Å². The van der Waals surface area contributed by atoms with E-state index >= 15 is 0 Å². The molecule has 1 aromatic heterocycles. The number of rotatable bonds is 17. The summed E-state index contributed by atoms with van der Waals surface area (Å²) < 4.78 is 1.89. The molecule has 4 aromatic rings. The maximum Gasteiger partial charge on any atom is 0.269 e. The summed E-state index contributed by atoms with van der Waals surface area (Å²) in [5.74, 6) is -0.234. The summed E-state index contributed by atoms with van der Waals surface area (Å²) in [5.41, 5.74) is 0.303. The van der Waals surface area contributed by atoms with Crippen LogP contribution in [0.4, 0.5) is 5.69 Å². The topological polar surface area (TPSA) is 131 Å². The molecule has 4 rings (SSSR count). The van der Waals surface area contributed by atoms with E-state index in [1.165, 1.54) is 40.2 Å². The van der Waals surface area contributed by atoms with E-state index in [4.69, 9.17) is 0 Å². The Hall–Kier alpha value is -3.91. The Bertz CT molecular complexity index is 1420. The normalized spacial score (nSPS) is 12.9. The summed E-state index contributed by atoms with van der Waals surface area (Å²) in [6.07, 6.45) is 10.3. The molecule has 1 heterocycles. The van der Waals surface area contributed by atoms with Gasteiger partial charge < -0.3 is 15.5 Å². The van der Waals surface area contributed by atoms with Crippen molar-refractivity contribution in [2.75, 3.05) is 12.8 Å². The first-order chi connectivity index (χ1) is 21.3. The van der Waals surface area contributed by atoms with Gasteiger partial charge in [0.2, 0.25) is 5.91 Å². The van der Waals surface area contributed by atoms with Crippen LogP contribution >= 0.6 is 7.26 Å². The molecule has 0 radical (unpaired) electrons. The van der Waals surface area contributed by atoms with Crippen molar-refractivity contribution >= 4 is 34.8 Å². The zero-order valence-corrected chi connectivity index (χ0v) is 26.1. The lowest BCUT2D eigenvalue weighted by atomic mass is 10.0. The number of hydrogen-bond acceptors (Lipinski definition) is 6. The van der Waals surface area contributed by atoms with Crippen molar-refractivity contribution in [2.24, 2.45) is 7.05 Å². The molecule has 44 heavy (non-hydrogen) atoms. The number of unbranched alkanes of at least 4 members (excludes halogenated alkanes) is 5. The van der Waals surface area contributed by atoms with Crippen LogP contribution in [0.1, 0.15) is 56.6 Å². The molecule has 0 saturated heterocycles. The van der Waals surface area contributed by atoms with Crippen LogP contribution in [0.3, 0.4) is 0 Å². The van der Waals surface area contributed by atoms with Crippen molar-refractivity contribution in [1.82, 2.24) is 15.1 Å². The van der Waals surface area contributed by atoms with E-state index in [9.17, 15) is 25.1 Å². The molecule has 0 aliphatic rings. The van der Waals surface area contributed by atoms with Crippen molar-refractivity contribution in [2.45, 2.75) is 57.1 Å². The van der Waals surface area contributed by atoms with Crippen LogP contribution in [0.5, 0.6) is 0 Å². The molecule has 0 aliphatic heterocycles. The van der Waals surface area contributed by atoms with Gasteiger partial charge in [-0.25, -0.2) is 0 Å². The molecule has 10 heteroatoms. The fourth-order valence-corrected chi connectivity index (χ4v) is 10.0. The van der Waals surface area contributed by atoms with Crippen molar-refractivity contribution in [1.29, 1.82) is 0 Å². The molecule has 3 aromatic carbocycles. The van der Waals surface area contributed by atoms with Gasteiger partial charge in [0.05, 0.1) is 36.1 Å². The third kappa shape index (κ3) is 8.38. The molecule has 2 unspecified atom stereocenters. The lowest BCUT2D eigenvalue weighted by Crippen LogP contribution is -2.41. The predicted octanol–water partition coefficient (Wildman–Crippen LogP) is 4.56. The van der Waals surface area contributed by atoms with Crippen LogP contribution in [0, 0.1) is 10.1 Å². The van der Waals surface area contributed by atoms with Crippen molar-refractivity contribution in [3.63, 3.8) is 0 Å². The summed E-state index contributed by atoms with van der Waals surface area (Å²) in [5, 5.41) is 42.4. The highest BCUT2D eigenvalue weighted by Crippen LogP contribution is 2.56. The minimum absolute atomic E-state index is 0.0904. The zero-order valence-electron chi connectivity index (χ0n) is 25.2. The van der Waals surface area contributed by atoms with E-state index in [0.717, 1.165) is 44.7 Å². The largest absolute Gasteiger partial charge is 0.394 e. The first-order valence-electron chi connectivity index (χ1n) is 15.2. The minimum atomic E-state index is -1.87.